The summed E-state index contributed by atoms with van der Waals surface area (Å²) < 4.78 is 0. The lowest BCUT2D eigenvalue weighted by Crippen LogP contribution is -2.27. The van der Waals surface area contributed by atoms with Gasteiger partial charge in [-0.2, -0.15) is 5.26 Å². The third kappa shape index (κ3) is 1.96. The molecule has 0 aliphatic carbocycles. The van der Waals surface area contributed by atoms with Crippen molar-refractivity contribution in [2.45, 2.75) is 12.8 Å². The summed E-state index contributed by atoms with van der Waals surface area (Å²) in [4.78, 5) is 17.6. The fourth-order valence-corrected chi connectivity index (χ4v) is 1.69. The van der Waals surface area contributed by atoms with Crippen LogP contribution in [0.25, 0.3) is 0 Å². The minimum Gasteiger partial charge on any atom is -0.339 e. The molecule has 0 unspecified atom stereocenters. The molecule has 0 bridgehead atoms. The van der Waals surface area contributed by atoms with Crippen molar-refractivity contribution in [2.24, 2.45) is 0 Å². The highest BCUT2D eigenvalue weighted by Gasteiger charge is 2.19. The molecule has 1 saturated heterocycles. The molecule has 0 atom stereocenters. The van der Waals surface area contributed by atoms with Crippen LogP contribution in [-0.2, 0) is 0 Å². The molecule has 2 heterocycles. The maximum absolute atomic E-state index is 11.8. The van der Waals surface area contributed by atoms with Gasteiger partial charge in [0.2, 0.25) is 0 Å². The maximum Gasteiger partial charge on any atom is 0.255 e. The fraction of sp³-hybridized carbons (Fsp3) is 0.364. The van der Waals surface area contributed by atoms with E-state index in [0.29, 0.717) is 11.3 Å². The van der Waals surface area contributed by atoms with Gasteiger partial charge in [-0.1, -0.05) is 0 Å². The van der Waals surface area contributed by atoms with Gasteiger partial charge in [-0.05, 0) is 25.0 Å². The number of rotatable bonds is 1. The molecule has 1 fully saturated rings. The van der Waals surface area contributed by atoms with Crippen LogP contribution >= 0.6 is 0 Å². The number of amides is 1. The van der Waals surface area contributed by atoms with Gasteiger partial charge in [-0.15, -0.1) is 0 Å². The van der Waals surface area contributed by atoms with E-state index in [1.807, 2.05) is 11.0 Å². The van der Waals surface area contributed by atoms with Crippen LogP contribution in [-0.4, -0.2) is 28.9 Å². The predicted octanol–water partition coefficient (Wildman–Crippen LogP) is 1.19. The molecule has 76 valence electrons. The molecule has 15 heavy (non-hydrogen) atoms. The highest BCUT2D eigenvalue weighted by Crippen LogP contribution is 2.12. The molecule has 4 nitrogen and oxygen atoms in total. The van der Waals surface area contributed by atoms with E-state index in [9.17, 15) is 4.79 Å². The smallest absolute Gasteiger partial charge is 0.255 e. The van der Waals surface area contributed by atoms with E-state index in [2.05, 4.69) is 4.98 Å². The first-order chi connectivity index (χ1) is 7.31. The lowest BCUT2D eigenvalue weighted by atomic mass is 10.2. The van der Waals surface area contributed by atoms with Crippen LogP contribution in [0, 0.1) is 11.3 Å². The van der Waals surface area contributed by atoms with Gasteiger partial charge in [0, 0.05) is 19.3 Å². The van der Waals surface area contributed by atoms with Crippen molar-refractivity contribution < 1.29 is 4.79 Å². The Morgan fingerprint density at radius 2 is 2.13 bits per heavy atom. The number of carbonyl (C=O) groups is 1. The fourth-order valence-electron chi connectivity index (χ4n) is 1.69. The molecule has 0 N–H and O–H groups in total. The highest BCUT2D eigenvalue weighted by molar-refractivity contribution is 5.94. The van der Waals surface area contributed by atoms with Crippen molar-refractivity contribution in [3.05, 3.63) is 29.6 Å². The molecule has 1 aliphatic heterocycles. The van der Waals surface area contributed by atoms with Gasteiger partial charge in [0.1, 0.15) is 11.8 Å². The zero-order chi connectivity index (χ0) is 10.7. The molecule has 0 saturated carbocycles. The minimum atomic E-state index is 0.0180. The lowest BCUT2D eigenvalue weighted by Gasteiger charge is -2.14. The summed E-state index contributed by atoms with van der Waals surface area (Å²) in [7, 11) is 0. The normalized spacial score (nSPS) is 15.0. The van der Waals surface area contributed by atoms with E-state index in [-0.39, 0.29) is 5.91 Å². The number of nitriles is 1. The van der Waals surface area contributed by atoms with Gasteiger partial charge in [-0.3, -0.25) is 4.79 Å². The molecule has 2 rings (SSSR count). The summed E-state index contributed by atoms with van der Waals surface area (Å²) in [5, 5.41) is 8.57. The molecule has 0 spiro atoms. The average molecular weight is 201 g/mol. The van der Waals surface area contributed by atoms with Crippen molar-refractivity contribution in [2.75, 3.05) is 13.1 Å². The average Bonchev–Trinajstić information content (AvgIpc) is 2.82. The zero-order valence-corrected chi connectivity index (χ0v) is 8.31. The Bertz CT molecular complexity index is 399. The molecule has 1 amide bonds. The topological polar surface area (TPSA) is 57.0 Å². The van der Waals surface area contributed by atoms with Crippen LogP contribution in [0.15, 0.2) is 18.3 Å². The number of hydrogen-bond donors (Lipinski definition) is 0. The molecule has 0 aromatic carbocycles. The van der Waals surface area contributed by atoms with Gasteiger partial charge in [-0.25, -0.2) is 4.98 Å². The Labute approximate surface area is 88.1 Å². The Hall–Kier alpha value is -1.89. The Morgan fingerprint density at radius 3 is 2.67 bits per heavy atom. The highest BCUT2D eigenvalue weighted by atomic mass is 16.2. The maximum atomic E-state index is 11.8. The first-order valence-electron chi connectivity index (χ1n) is 4.96. The number of likely N-dealkylation sites (tertiary alicyclic amines) is 1. The van der Waals surface area contributed by atoms with E-state index < -0.39 is 0 Å². The summed E-state index contributed by atoms with van der Waals surface area (Å²) in [5.74, 6) is 0.0180. The molecular weight excluding hydrogens is 190 g/mol. The summed E-state index contributed by atoms with van der Waals surface area (Å²) in [6, 6.07) is 5.16. The molecular formula is C11H11N3O. The van der Waals surface area contributed by atoms with E-state index in [4.69, 9.17) is 5.26 Å². The van der Waals surface area contributed by atoms with Crippen molar-refractivity contribution in [3.63, 3.8) is 0 Å². The first kappa shape index (κ1) is 9.66. The van der Waals surface area contributed by atoms with E-state index >= 15 is 0 Å². The second-order valence-corrected chi connectivity index (χ2v) is 3.54. The summed E-state index contributed by atoms with van der Waals surface area (Å²) in [6.45, 7) is 1.66. The van der Waals surface area contributed by atoms with Crippen LogP contribution in [0.3, 0.4) is 0 Å². The number of aromatic nitrogens is 1. The molecule has 1 aromatic rings. The third-order valence-electron chi connectivity index (χ3n) is 2.52. The van der Waals surface area contributed by atoms with Crippen LogP contribution in [0.1, 0.15) is 28.9 Å². The van der Waals surface area contributed by atoms with Gasteiger partial charge in [0.25, 0.3) is 5.91 Å². The van der Waals surface area contributed by atoms with Crippen molar-refractivity contribution >= 4 is 5.91 Å². The summed E-state index contributed by atoms with van der Waals surface area (Å²) in [5.41, 5.74) is 0.906. The van der Waals surface area contributed by atoms with Crippen LogP contribution < -0.4 is 0 Å². The van der Waals surface area contributed by atoms with Gasteiger partial charge in [0.15, 0.2) is 0 Å². The number of carbonyl (C=O) groups excluding carboxylic acids is 1. The van der Waals surface area contributed by atoms with Gasteiger partial charge < -0.3 is 4.90 Å². The number of hydrogen-bond acceptors (Lipinski definition) is 3. The van der Waals surface area contributed by atoms with E-state index in [1.54, 1.807) is 12.1 Å². The molecule has 0 radical (unpaired) electrons. The monoisotopic (exact) mass is 201 g/mol. The summed E-state index contributed by atoms with van der Waals surface area (Å²) >= 11 is 0. The number of nitrogens with zero attached hydrogens (tertiary/aromatic N) is 3. The van der Waals surface area contributed by atoms with E-state index in [1.165, 1.54) is 6.20 Å². The molecule has 1 aromatic heterocycles. The van der Waals surface area contributed by atoms with Crippen molar-refractivity contribution in [1.29, 1.82) is 5.26 Å². The standard InChI is InChI=1S/C11H11N3O/c12-7-10-4-3-9(8-13-10)11(15)14-5-1-2-6-14/h3-4,8H,1-2,5-6H2. The van der Waals surface area contributed by atoms with Crippen molar-refractivity contribution in [3.8, 4) is 6.07 Å². The number of pyridine rings is 1. The Balaban J connectivity index is 2.15. The van der Waals surface area contributed by atoms with Gasteiger partial charge >= 0.3 is 0 Å². The van der Waals surface area contributed by atoms with Crippen LogP contribution in [0.4, 0.5) is 0 Å². The van der Waals surface area contributed by atoms with Gasteiger partial charge in [0.05, 0.1) is 5.56 Å². The van der Waals surface area contributed by atoms with E-state index in [0.717, 1.165) is 25.9 Å². The molecule has 4 heteroatoms. The second-order valence-electron chi connectivity index (χ2n) is 3.54. The Morgan fingerprint density at radius 1 is 1.40 bits per heavy atom. The zero-order valence-electron chi connectivity index (χ0n) is 8.31. The summed E-state index contributed by atoms with van der Waals surface area (Å²) in [6.07, 6.45) is 3.63. The first-order valence-corrected chi connectivity index (χ1v) is 4.96. The van der Waals surface area contributed by atoms with Crippen LogP contribution in [0.2, 0.25) is 0 Å². The predicted molar refractivity (Wildman–Crippen MR) is 54.1 cm³/mol. The van der Waals surface area contributed by atoms with Crippen molar-refractivity contribution in [1.82, 2.24) is 9.88 Å². The lowest BCUT2D eigenvalue weighted by molar-refractivity contribution is 0.0792. The Kier molecular flexibility index (Phi) is 2.64. The minimum absolute atomic E-state index is 0.0180. The second kappa shape index (κ2) is 4.09. The quantitative estimate of drug-likeness (QED) is 0.685. The third-order valence-corrected chi connectivity index (χ3v) is 2.52. The molecule has 1 aliphatic rings. The SMILES string of the molecule is N#Cc1ccc(C(=O)N2CCCC2)cn1. The van der Waals surface area contributed by atoms with Crippen LogP contribution in [0.5, 0.6) is 0 Å². The largest absolute Gasteiger partial charge is 0.339 e.